The zero-order chi connectivity index (χ0) is 13.8. The first kappa shape index (κ1) is 14.3. The molecule has 0 radical (unpaired) electrons. The van der Waals surface area contributed by atoms with Crippen molar-refractivity contribution >= 4 is 15.9 Å². The number of hydrogen-bond acceptors (Lipinski definition) is 2. The van der Waals surface area contributed by atoms with Crippen molar-refractivity contribution in [2.75, 3.05) is 0 Å². The average molecular weight is 323 g/mol. The van der Waals surface area contributed by atoms with Gasteiger partial charge in [0.1, 0.15) is 6.10 Å². The molecule has 0 amide bonds. The molecular weight excluding hydrogens is 304 g/mol. The number of aliphatic hydroxyl groups excluding tert-OH is 1. The molecule has 102 valence electrons. The molecule has 0 bridgehead atoms. The highest BCUT2D eigenvalue weighted by molar-refractivity contribution is 9.10. The van der Waals surface area contributed by atoms with Crippen LogP contribution in [0.4, 0.5) is 0 Å². The zero-order valence-corrected chi connectivity index (χ0v) is 12.8. The van der Waals surface area contributed by atoms with E-state index in [0.29, 0.717) is 0 Å². The fourth-order valence-corrected chi connectivity index (χ4v) is 2.98. The first-order valence-electron chi connectivity index (χ1n) is 6.63. The smallest absolute Gasteiger partial charge is 0.104 e. The Morgan fingerprint density at radius 3 is 2.53 bits per heavy atom. The van der Waals surface area contributed by atoms with Gasteiger partial charge in [-0.25, -0.2) is 0 Å². The maximum atomic E-state index is 10.7. The molecule has 2 rings (SSSR count). The van der Waals surface area contributed by atoms with Gasteiger partial charge in [0.25, 0.3) is 0 Å². The number of rotatable bonds is 5. The fraction of sp³-hybridized carbons (Fsp3) is 0.400. The van der Waals surface area contributed by atoms with Crippen LogP contribution in [-0.4, -0.2) is 14.9 Å². The molecular formula is C15H19BrN2O. The van der Waals surface area contributed by atoms with Gasteiger partial charge < -0.3 is 5.11 Å². The lowest BCUT2D eigenvalue weighted by atomic mass is 9.89. The monoisotopic (exact) mass is 322 g/mol. The molecule has 19 heavy (non-hydrogen) atoms. The van der Waals surface area contributed by atoms with Crippen LogP contribution in [0.15, 0.2) is 41.0 Å². The lowest BCUT2D eigenvalue weighted by molar-refractivity contribution is 0.131. The Hall–Kier alpha value is -1.13. The summed E-state index contributed by atoms with van der Waals surface area (Å²) in [5, 5.41) is 15.0. The van der Waals surface area contributed by atoms with Gasteiger partial charge in [0.2, 0.25) is 0 Å². The van der Waals surface area contributed by atoms with Crippen molar-refractivity contribution < 1.29 is 5.11 Å². The van der Waals surface area contributed by atoms with Crippen molar-refractivity contribution in [1.82, 2.24) is 9.78 Å². The van der Waals surface area contributed by atoms with Crippen molar-refractivity contribution in [1.29, 1.82) is 0 Å². The van der Waals surface area contributed by atoms with Gasteiger partial charge in [-0.05, 0) is 34.8 Å². The van der Waals surface area contributed by atoms with Crippen LogP contribution in [0.5, 0.6) is 0 Å². The highest BCUT2D eigenvalue weighted by atomic mass is 79.9. The number of aryl methyl sites for hydroxylation is 1. The van der Waals surface area contributed by atoms with Crippen molar-refractivity contribution in [2.45, 2.75) is 38.8 Å². The molecule has 0 saturated heterocycles. The number of nitrogens with zero attached hydrogens (tertiary/aromatic N) is 2. The molecule has 0 saturated carbocycles. The van der Waals surface area contributed by atoms with E-state index in [9.17, 15) is 5.11 Å². The summed E-state index contributed by atoms with van der Waals surface area (Å²) in [7, 11) is 0. The largest absolute Gasteiger partial charge is 0.386 e. The SMILES string of the molecule is CCC(c1ccccc1)C(O)c1c(Br)cnn1CC. The normalized spacial score (nSPS) is 14.3. The first-order chi connectivity index (χ1) is 9.19. The summed E-state index contributed by atoms with van der Waals surface area (Å²) in [6.45, 7) is 4.88. The van der Waals surface area contributed by atoms with Crippen molar-refractivity contribution in [3.63, 3.8) is 0 Å². The van der Waals surface area contributed by atoms with E-state index in [2.05, 4.69) is 40.1 Å². The van der Waals surface area contributed by atoms with E-state index in [1.54, 1.807) is 6.20 Å². The summed E-state index contributed by atoms with van der Waals surface area (Å²) in [6, 6.07) is 10.2. The Morgan fingerprint density at radius 2 is 1.95 bits per heavy atom. The van der Waals surface area contributed by atoms with E-state index in [4.69, 9.17) is 0 Å². The van der Waals surface area contributed by atoms with Crippen molar-refractivity contribution in [2.24, 2.45) is 0 Å². The summed E-state index contributed by atoms with van der Waals surface area (Å²) in [5.41, 5.74) is 2.02. The second-order valence-corrected chi connectivity index (χ2v) is 5.42. The molecule has 0 aliphatic heterocycles. The molecule has 1 aromatic heterocycles. The highest BCUT2D eigenvalue weighted by Crippen LogP contribution is 2.36. The van der Waals surface area contributed by atoms with E-state index < -0.39 is 6.10 Å². The van der Waals surface area contributed by atoms with Gasteiger partial charge in [-0.1, -0.05) is 37.3 Å². The van der Waals surface area contributed by atoms with Gasteiger partial charge in [-0.15, -0.1) is 0 Å². The fourth-order valence-electron chi connectivity index (χ4n) is 2.45. The molecule has 1 aromatic carbocycles. The predicted molar refractivity (Wildman–Crippen MR) is 80.0 cm³/mol. The Bertz CT molecular complexity index is 524. The lowest BCUT2D eigenvalue weighted by Crippen LogP contribution is -2.15. The molecule has 1 N–H and O–H groups in total. The molecule has 3 nitrogen and oxygen atoms in total. The van der Waals surface area contributed by atoms with Crippen LogP contribution >= 0.6 is 15.9 Å². The van der Waals surface area contributed by atoms with Gasteiger partial charge in [0.05, 0.1) is 16.4 Å². The molecule has 2 atom stereocenters. The van der Waals surface area contributed by atoms with Crippen LogP contribution < -0.4 is 0 Å². The lowest BCUT2D eigenvalue weighted by Gasteiger charge is -2.23. The van der Waals surface area contributed by atoms with Gasteiger partial charge in [-0.3, -0.25) is 4.68 Å². The molecule has 2 aromatic rings. The second-order valence-electron chi connectivity index (χ2n) is 4.56. The van der Waals surface area contributed by atoms with Crippen LogP contribution in [0, 0.1) is 0 Å². The topological polar surface area (TPSA) is 38.1 Å². The minimum absolute atomic E-state index is 0.0829. The number of halogens is 1. The molecule has 2 unspecified atom stereocenters. The van der Waals surface area contributed by atoms with E-state index in [1.165, 1.54) is 0 Å². The van der Waals surface area contributed by atoms with Gasteiger partial charge in [0.15, 0.2) is 0 Å². The number of hydrogen-bond donors (Lipinski definition) is 1. The van der Waals surface area contributed by atoms with Crippen LogP contribution in [0.1, 0.15) is 43.5 Å². The Kier molecular flexibility index (Phi) is 4.77. The van der Waals surface area contributed by atoms with E-state index in [1.807, 2.05) is 29.8 Å². The number of aliphatic hydroxyl groups is 1. The van der Waals surface area contributed by atoms with Crippen molar-refractivity contribution in [3.05, 3.63) is 52.3 Å². The third-order valence-electron chi connectivity index (χ3n) is 3.46. The Balaban J connectivity index is 2.36. The molecule has 0 fully saturated rings. The molecule has 4 heteroatoms. The maximum absolute atomic E-state index is 10.7. The standard InChI is InChI=1S/C15H19BrN2O/c1-3-12(11-8-6-5-7-9-11)15(19)14-13(16)10-17-18(14)4-2/h5-10,12,15,19H,3-4H2,1-2H3. The molecule has 0 aliphatic rings. The summed E-state index contributed by atoms with van der Waals surface area (Å²) >= 11 is 3.49. The quantitative estimate of drug-likeness (QED) is 0.906. The second kappa shape index (κ2) is 6.35. The molecule has 0 spiro atoms. The Morgan fingerprint density at radius 1 is 1.26 bits per heavy atom. The minimum atomic E-state index is -0.552. The zero-order valence-electron chi connectivity index (χ0n) is 11.3. The average Bonchev–Trinajstić information content (AvgIpc) is 2.81. The number of aromatic nitrogens is 2. The summed E-state index contributed by atoms with van der Waals surface area (Å²) in [5.74, 6) is 0.0829. The highest BCUT2D eigenvalue weighted by Gasteiger charge is 2.26. The predicted octanol–water partition coefficient (Wildman–Crippen LogP) is 3.89. The van der Waals surface area contributed by atoms with Crippen LogP contribution in [-0.2, 0) is 6.54 Å². The maximum Gasteiger partial charge on any atom is 0.104 e. The van der Waals surface area contributed by atoms with E-state index >= 15 is 0 Å². The van der Waals surface area contributed by atoms with Crippen LogP contribution in [0.25, 0.3) is 0 Å². The summed E-state index contributed by atoms with van der Waals surface area (Å²) in [6.07, 6.45) is 2.08. The van der Waals surface area contributed by atoms with Crippen molar-refractivity contribution in [3.8, 4) is 0 Å². The third kappa shape index (κ3) is 2.90. The molecule has 0 aliphatic carbocycles. The summed E-state index contributed by atoms with van der Waals surface area (Å²) in [4.78, 5) is 0. The third-order valence-corrected chi connectivity index (χ3v) is 4.07. The van der Waals surface area contributed by atoms with Gasteiger partial charge in [0, 0.05) is 12.5 Å². The van der Waals surface area contributed by atoms with Crippen LogP contribution in [0.3, 0.4) is 0 Å². The minimum Gasteiger partial charge on any atom is -0.386 e. The first-order valence-corrected chi connectivity index (χ1v) is 7.42. The summed E-state index contributed by atoms with van der Waals surface area (Å²) < 4.78 is 2.72. The van der Waals surface area contributed by atoms with Crippen LogP contribution in [0.2, 0.25) is 0 Å². The van der Waals surface area contributed by atoms with Gasteiger partial charge in [-0.2, -0.15) is 5.10 Å². The van der Waals surface area contributed by atoms with E-state index in [-0.39, 0.29) is 5.92 Å². The van der Waals surface area contributed by atoms with E-state index in [0.717, 1.165) is 28.7 Å². The Labute approximate surface area is 122 Å². The molecule has 1 heterocycles. The van der Waals surface area contributed by atoms with Gasteiger partial charge >= 0.3 is 0 Å². The number of benzene rings is 1.